The lowest BCUT2D eigenvalue weighted by Crippen LogP contribution is -2.52. The van der Waals surface area contributed by atoms with Gasteiger partial charge in [-0.15, -0.1) is 0 Å². The standard InChI is InChI=1S/C19H23N3O3/c1-18(2)12-19(25-4,8-13(9-20)17(18)23)15-6-5-7-16(21-15)22-10-14(11-22)24-3/h5-8,14H,10-12H2,1-4H3/t19-/m1/s1. The lowest BCUT2D eigenvalue weighted by molar-refractivity contribution is -0.128. The Labute approximate surface area is 148 Å². The lowest BCUT2D eigenvalue weighted by Gasteiger charge is -2.41. The van der Waals surface area contributed by atoms with E-state index in [1.165, 1.54) is 0 Å². The van der Waals surface area contributed by atoms with E-state index in [9.17, 15) is 10.1 Å². The van der Waals surface area contributed by atoms with Crippen LogP contribution < -0.4 is 4.90 Å². The third kappa shape index (κ3) is 2.94. The van der Waals surface area contributed by atoms with Gasteiger partial charge in [-0.1, -0.05) is 19.9 Å². The van der Waals surface area contributed by atoms with E-state index < -0.39 is 11.0 Å². The molecule has 1 atom stereocenters. The van der Waals surface area contributed by atoms with Crippen LogP contribution in [0, 0.1) is 16.7 Å². The van der Waals surface area contributed by atoms with Gasteiger partial charge in [0.15, 0.2) is 5.78 Å². The molecule has 0 unspecified atom stereocenters. The summed E-state index contributed by atoms with van der Waals surface area (Å²) in [4.78, 5) is 19.3. The molecular weight excluding hydrogens is 318 g/mol. The van der Waals surface area contributed by atoms with Crippen molar-refractivity contribution in [3.05, 3.63) is 35.5 Å². The highest BCUT2D eigenvalue weighted by Crippen LogP contribution is 2.45. The van der Waals surface area contributed by atoms with E-state index in [4.69, 9.17) is 14.5 Å². The SMILES string of the molecule is COC1CN(c2cccc([C@@]3(OC)C=C(C#N)C(=O)C(C)(C)C3)n2)C1. The van der Waals surface area contributed by atoms with E-state index >= 15 is 0 Å². The summed E-state index contributed by atoms with van der Waals surface area (Å²) < 4.78 is 11.1. The molecule has 3 rings (SSSR count). The maximum Gasteiger partial charge on any atom is 0.178 e. The summed E-state index contributed by atoms with van der Waals surface area (Å²) in [5.74, 6) is 0.702. The Kier molecular flexibility index (Phi) is 4.40. The van der Waals surface area contributed by atoms with Crippen LogP contribution in [-0.2, 0) is 19.9 Å². The monoisotopic (exact) mass is 341 g/mol. The first-order valence-electron chi connectivity index (χ1n) is 8.33. The number of hydrogen-bond acceptors (Lipinski definition) is 6. The van der Waals surface area contributed by atoms with Gasteiger partial charge in [-0.25, -0.2) is 4.98 Å². The summed E-state index contributed by atoms with van der Waals surface area (Å²) in [6.07, 6.45) is 2.30. The molecule has 6 heteroatoms. The van der Waals surface area contributed by atoms with Gasteiger partial charge in [0, 0.05) is 32.7 Å². The number of Topliss-reactive ketones (excluding diaryl/α,β-unsaturated/α-hetero) is 1. The molecule has 1 fully saturated rings. The number of hydrogen-bond donors (Lipinski definition) is 0. The molecule has 0 aromatic carbocycles. The highest BCUT2D eigenvalue weighted by molar-refractivity contribution is 6.03. The predicted molar refractivity (Wildman–Crippen MR) is 93.0 cm³/mol. The van der Waals surface area contributed by atoms with Crippen LogP contribution in [0.1, 0.15) is 26.0 Å². The fraction of sp³-hybridized carbons (Fsp3) is 0.526. The van der Waals surface area contributed by atoms with E-state index in [2.05, 4.69) is 4.90 Å². The van der Waals surface area contributed by atoms with Crippen molar-refractivity contribution in [1.29, 1.82) is 5.26 Å². The van der Waals surface area contributed by atoms with E-state index in [0.29, 0.717) is 12.1 Å². The van der Waals surface area contributed by atoms with Crippen molar-refractivity contribution in [2.45, 2.75) is 32.0 Å². The van der Waals surface area contributed by atoms with Gasteiger partial charge >= 0.3 is 0 Å². The molecule has 1 aromatic rings. The molecule has 0 radical (unpaired) electrons. The van der Waals surface area contributed by atoms with Gasteiger partial charge in [0.1, 0.15) is 17.5 Å². The summed E-state index contributed by atoms with van der Waals surface area (Å²) in [6.45, 7) is 5.29. The highest BCUT2D eigenvalue weighted by Gasteiger charge is 2.47. The van der Waals surface area contributed by atoms with Crippen LogP contribution in [0.4, 0.5) is 5.82 Å². The largest absolute Gasteiger partial charge is 0.378 e. The zero-order chi connectivity index (χ0) is 18.2. The number of ether oxygens (including phenoxy) is 2. The molecule has 0 amide bonds. The predicted octanol–water partition coefficient (Wildman–Crippen LogP) is 2.21. The number of nitriles is 1. The number of nitrogens with zero attached hydrogens (tertiary/aromatic N) is 3. The lowest BCUT2D eigenvalue weighted by atomic mass is 9.68. The number of carbonyl (C=O) groups excluding carboxylic acids is 1. The number of rotatable bonds is 4. The summed E-state index contributed by atoms with van der Waals surface area (Å²) in [6, 6.07) is 7.79. The van der Waals surface area contributed by atoms with Crippen LogP contribution >= 0.6 is 0 Å². The van der Waals surface area contributed by atoms with Crippen molar-refractivity contribution in [3.63, 3.8) is 0 Å². The van der Waals surface area contributed by atoms with Gasteiger partial charge in [-0.05, 0) is 24.6 Å². The third-order valence-corrected chi connectivity index (χ3v) is 5.10. The first-order chi connectivity index (χ1) is 11.8. The van der Waals surface area contributed by atoms with Crippen molar-refractivity contribution in [2.24, 2.45) is 5.41 Å². The normalized spacial score (nSPS) is 26.0. The summed E-state index contributed by atoms with van der Waals surface area (Å²) in [7, 11) is 3.30. The quantitative estimate of drug-likeness (QED) is 0.836. The molecule has 0 spiro atoms. The second-order valence-electron chi connectivity index (χ2n) is 7.30. The van der Waals surface area contributed by atoms with Crippen LogP contribution in [0.5, 0.6) is 0 Å². The molecule has 1 saturated heterocycles. The molecule has 25 heavy (non-hydrogen) atoms. The van der Waals surface area contributed by atoms with Gasteiger partial charge in [-0.3, -0.25) is 4.79 Å². The van der Waals surface area contributed by atoms with E-state index in [1.807, 2.05) is 38.1 Å². The molecule has 1 aliphatic carbocycles. The fourth-order valence-corrected chi connectivity index (χ4v) is 3.54. The van der Waals surface area contributed by atoms with Crippen LogP contribution in [0.15, 0.2) is 29.8 Å². The second-order valence-corrected chi connectivity index (χ2v) is 7.30. The zero-order valence-electron chi connectivity index (χ0n) is 15.1. The van der Waals surface area contributed by atoms with Crippen LogP contribution in [0.3, 0.4) is 0 Å². The molecule has 0 bridgehead atoms. The Bertz CT molecular complexity index is 759. The van der Waals surface area contributed by atoms with Crippen LogP contribution in [0.2, 0.25) is 0 Å². The number of pyridine rings is 1. The molecule has 1 aliphatic heterocycles. The minimum atomic E-state index is -0.885. The summed E-state index contributed by atoms with van der Waals surface area (Å²) >= 11 is 0. The van der Waals surface area contributed by atoms with Crippen molar-refractivity contribution < 1.29 is 14.3 Å². The van der Waals surface area contributed by atoms with Crippen molar-refractivity contribution >= 4 is 11.6 Å². The Morgan fingerprint density at radius 1 is 1.32 bits per heavy atom. The average molecular weight is 341 g/mol. The Balaban J connectivity index is 2.00. The van der Waals surface area contributed by atoms with Crippen molar-refractivity contribution in [2.75, 3.05) is 32.2 Å². The van der Waals surface area contributed by atoms with Gasteiger partial charge in [0.25, 0.3) is 0 Å². The van der Waals surface area contributed by atoms with Crippen LogP contribution in [0.25, 0.3) is 0 Å². The number of carbonyl (C=O) groups is 1. The smallest absolute Gasteiger partial charge is 0.178 e. The number of aromatic nitrogens is 1. The molecule has 6 nitrogen and oxygen atoms in total. The first kappa shape index (κ1) is 17.6. The number of allylic oxidation sites excluding steroid dienone is 1. The maximum absolute atomic E-state index is 12.4. The topological polar surface area (TPSA) is 75.5 Å². The summed E-state index contributed by atoms with van der Waals surface area (Å²) in [5, 5.41) is 9.38. The van der Waals surface area contributed by atoms with Gasteiger partial charge in [-0.2, -0.15) is 5.26 Å². The maximum atomic E-state index is 12.4. The van der Waals surface area contributed by atoms with E-state index in [0.717, 1.165) is 18.9 Å². The Morgan fingerprint density at radius 3 is 2.64 bits per heavy atom. The number of methoxy groups -OCH3 is 2. The molecule has 132 valence electrons. The zero-order valence-corrected chi connectivity index (χ0v) is 15.1. The van der Waals surface area contributed by atoms with E-state index in [-0.39, 0.29) is 17.5 Å². The molecule has 0 N–H and O–H groups in total. The number of ketones is 1. The van der Waals surface area contributed by atoms with Crippen molar-refractivity contribution in [1.82, 2.24) is 4.98 Å². The van der Waals surface area contributed by atoms with Gasteiger partial charge in [0.2, 0.25) is 0 Å². The summed E-state index contributed by atoms with van der Waals surface area (Å²) in [5.41, 5.74) is -0.731. The molecule has 0 saturated carbocycles. The minimum absolute atomic E-state index is 0.133. The van der Waals surface area contributed by atoms with Crippen molar-refractivity contribution in [3.8, 4) is 6.07 Å². The first-order valence-corrected chi connectivity index (χ1v) is 8.33. The molecule has 1 aromatic heterocycles. The van der Waals surface area contributed by atoms with Gasteiger partial charge in [0.05, 0.1) is 17.4 Å². The fourth-order valence-electron chi connectivity index (χ4n) is 3.54. The second kappa shape index (κ2) is 6.25. The Hall–Kier alpha value is -2.23. The highest BCUT2D eigenvalue weighted by atomic mass is 16.5. The molecule has 2 aliphatic rings. The molecular formula is C19H23N3O3. The Morgan fingerprint density at radius 2 is 2.04 bits per heavy atom. The number of anilines is 1. The van der Waals surface area contributed by atoms with Gasteiger partial charge < -0.3 is 14.4 Å². The average Bonchev–Trinajstić information content (AvgIpc) is 2.56. The van der Waals surface area contributed by atoms with E-state index in [1.54, 1.807) is 20.3 Å². The third-order valence-electron chi connectivity index (χ3n) is 5.10. The molecule has 2 heterocycles. The van der Waals surface area contributed by atoms with Crippen LogP contribution in [-0.4, -0.2) is 44.2 Å². The minimum Gasteiger partial charge on any atom is -0.378 e.